The Labute approximate surface area is 243 Å². The van der Waals surface area contributed by atoms with Crippen LogP contribution < -0.4 is 10.6 Å². The minimum Gasteiger partial charge on any atom is -0.350 e. The summed E-state index contributed by atoms with van der Waals surface area (Å²) in [6.45, 7) is 7.38. The molecule has 2 amide bonds. The molecule has 0 aliphatic carbocycles. The van der Waals surface area contributed by atoms with Crippen LogP contribution in [-0.4, -0.2) is 73.0 Å². The highest BCUT2D eigenvalue weighted by atomic mass is 35.5. The smallest absolute Gasteiger partial charge is 0.251 e. The van der Waals surface area contributed by atoms with Gasteiger partial charge in [-0.3, -0.25) is 9.59 Å². The van der Waals surface area contributed by atoms with Crippen molar-refractivity contribution in [1.29, 1.82) is 0 Å². The van der Waals surface area contributed by atoms with Crippen LogP contribution in [0.3, 0.4) is 0 Å². The molecule has 0 aromatic heterocycles. The highest BCUT2D eigenvalue weighted by Crippen LogP contribution is 2.24. The number of likely N-dealkylation sites (tertiary alicyclic amines) is 1. The van der Waals surface area contributed by atoms with Crippen LogP contribution in [0.2, 0.25) is 10.0 Å². The summed E-state index contributed by atoms with van der Waals surface area (Å²) in [6.07, 6.45) is 7.40. The summed E-state index contributed by atoms with van der Waals surface area (Å²) in [5.41, 5.74) is 1.75. The van der Waals surface area contributed by atoms with Gasteiger partial charge in [-0.25, -0.2) is 0 Å². The number of carbonyl (C=O) groups excluding carboxylic acids is 2. The Morgan fingerprint density at radius 1 is 1.05 bits per heavy atom. The fourth-order valence-corrected chi connectivity index (χ4v) is 6.05. The first kappa shape index (κ1) is 29.9. The summed E-state index contributed by atoms with van der Waals surface area (Å²) in [6, 6.07) is 15.1. The molecule has 2 fully saturated rings. The van der Waals surface area contributed by atoms with Crippen molar-refractivity contribution in [3.8, 4) is 0 Å². The number of carbonyl (C=O) groups is 2. The van der Waals surface area contributed by atoms with Gasteiger partial charge in [0.25, 0.3) is 5.91 Å². The summed E-state index contributed by atoms with van der Waals surface area (Å²) >= 11 is 12.1. The number of rotatable bonds is 11. The number of halogens is 2. The summed E-state index contributed by atoms with van der Waals surface area (Å²) in [5, 5.41) is 7.44. The summed E-state index contributed by atoms with van der Waals surface area (Å²) in [7, 11) is 0. The van der Waals surface area contributed by atoms with Crippen molar-refractivity contribution in [2.24, 2.45) is 0 Å². The van der Waals surface area contributed by atoms with Crippen molar-refractivity contribution in [1.82, 2.24) is 20.4 Å². The third-order valence-electron chi connectivity index (χ3n) is 8.11. The van der Waals surface area contributed by atoms with Gasteiger partial charge in [-0.15, -0.1) is 0 Å². The van der Waals surface area contributed by atoms with Crippen molar-refractivity contribution in [2.45, 2.75) is 69.9 Å². The van der Waals surface area contributed by atoms with E-state index in [-0.39, 0.29) is 23.9 Å². The Bertz CT molecular complexity index is 1080. The lowest BCUT2D eigenvalue weighted by molar-refractivity contribution is -0.133. The number of amides is 2. The van der Waals surface area contributed by atoms with Gasteiger partial charge in [0.2, 0.25) is 5.91 Å². The molecule has 39 heavy (non-hydrogen) atoms. The monoisotopic (exact) mass is 572 g/mol. The minimum absolute atomic E-state index is 0.00228. The van der Waals surface area contributed by atoms with Crippen LogP contribution in [0.5, 0.6) is 0 Å². The molecular weight excluding hydrogens is 531 g/mol. The predicted molar refractivity (Wildman–Crippen MR) is 160 cm³/mol. The van der Waals surface area contributed by atoms with Crippen LogP contribution in [0.4, 0.5) is 0 Å². The zero-order valence-corrected chi connectivity index (χ0v) is 24.5. The molecule has 4 rings (SSSR count). The van der Waals surface area contributed by atoms with E-state index in [1.54, 1.807) is 18.2 Å². The van der Waals surface area contributed by atoms with Gasteiger partial charge >= 0.3 is 0 Å². The van der Waals surface area contributed by atoms with Gasteiger partial charge in [-0.05, 0) is 81.9 Å². The van der Waals surface area contributed by atoms with E-state index in [2.05, 4.69) is 51.6 Å². The molecular formula is C31H42Cl2N4O2. The Morgan fingerprint density at radius 2 is 1.82 bits per heavy atom. The molecule has 2 N–H and O–H groups in total. The van der Waals surface area contributed by atoms with Crippen molar-refractivity contribution in [3.05, 3.63) is 69.7 Å². The summed E-state index contributed by atoms with van der Waals surface area (Å²) in [5.74, 6) is 0.288. The Hall–Kier alpha value is -2.12. The highest BCUT2D eigenvalue weighted by Gasteiger charge is 2.32. The first-order valence-electron chi connectivity index (χ1n) is 14.5. The largest absolute Gasteiger partial charge is 0.350 e. The lowest BCUT2D eigenvalue weighted by Gasteiger charge is -2.30. The topological polar surface area (TPSA) is 64.7 Å². The number of piperidine rings is 1. The molecule has 0 bridgehead atoms. The molecule has 2 aliphatic rings. The van der Waals surface area contributed by atoms with Crippen molar-refractivity contribution in [2.75, 3.05) is 39.3 Å². The molecule has 0 spiro atoms. The zero-order valence-electron chi connectivity index (χ0n) is 23.0. The molecule has 0 radical (unpaired) electrons. The van der Waals surface area contributed by atoms with E-state index >= 15 is 0 Å². The van der Waals surface area contributed by atoms with Gasteiger partial charge in [-0.2, -0.15) is 0 Å². The van der Waals surface area contributed by atoms with Crippen LogP contribution in [0.25, 0.3) is 0 Å². The number of hydrogen-bond acceptors (Lipinski definition) is 4. The second kappa shape index (κ2) is 15.0. The molecule has 2 heterocycles. The van der Waals surface area contributed by atoms with Gasteiger partial charge in [0.15, 0.2) is 0 Å². The van der Waals surface area contributed by atoms with Crippen LogP contribution >= 0.6 is 23.2 Å². The molecule has 6 nitrogen and oxygen atoms in total. The molecule has 0 saturated carbocycles. The third kappa shape index (κ3) is 8.68. The lowest BCUT2D eigenvalue weighted by Crippen LogP contribution is -2.49. The maximum Gasteiger partial charge on any atom is 0.251 e. The highest BCUT2D eigenvalue weighted by molar-refractivity contribution is 6.42. The fourth-order valence-electron chi connectivity index (χ4n) is 5.75. The van der Waals surface area contributed by atoms with Crippen molar-refractivity contribution < 1.29 is 9.59 Å². The SMILES string of the molecule is CCC(CN1CC[C@@H](CNC(=O)c2ccc(Cl)c(Cl)c2)N[C@@H](CCCN2CCCCC2)C1=O)c1ccccc1. The van der Waals surface area contributed by atoms with Gasteiger partial charge in [0.1, 0.15) is 0 Å². The van der Waals surface area contributed by atoms with Gasteiger partial charge in [-0.1, -0.05) is 66.9 Å². The standard InChI is InChI=1S/C31H42Cl2N4O2/c1-2-23(24-10-5-3-6-11-24)22-37-19-15-26(21-34-30(38)25-13-14-27(32)28(33)20-25)35-29(31(37)39)12-9-18-36-16-7-4-8-17-36/h3,5-6,10-11,13-14,20,23,26,29,35H,2,4,7-9,12,15-19,21-22H2,1H3,(H,34,38)/t23?,26-,29-/m0/s1. The number of benzene rings is 2. The molecule has 2 saturated heterocycles. The number of hydrogen-bond donors (Lipinski definition) is 2. The summed E-state index contributed by atoms with van der Waals surface area (Å²) in [4.78, 5) is 31.2. The number of nitrogens with zero attached hydrogens (tertiary/aromatic N) is 2. The molecule has 2 aliphatic heterocycles. The Balaban J connectivity index is 1.41. The second-order valence-corrected chi connectivity index (χ2v) is 11.7. The molecule has 3 atom stereocenters. The third-order valence-corrected chi connectivity index (χ3v) is 8.84. The lowest BCUT2D eigenvalue weighted by atomic mass is 9.95. The van der Waals surface area contributed by atoms with Crippen LogP contribution in [0.1, 0.15) is 73.7 Å². The van der Waals surface area contributed by atoms with E-state index in [9.17, 15) is 9.59 Å². The number of nitrogens with one attached hydrogen (secondary N) is 2. The average Bonchev–Trinajstić information content (AvgIpc) is 3.11. The summed E-state index contributed by atoms with van der Waals surface area (Å²) < 4.78 is 0. The molecule has 1 unspecified atom stereocenters. The van der Waals surface area contributed by atoms with Crippen molar-refractivity contribution >= 4 is 35.0 Å². The molecule has 2 aromatic rings. The fraction of sp³-hybridized carbons (Fsp3) is 0.548. The van der Waals surface area contributed by atoms with E-state index in [0.717, 1.165) is 45.3 Å². The van der Waals surface area contributed by atoms with Gasteiger partial charge < -0.3 is 20.4 Å². The molecule has 8 heteroatoms. The van der Waals surface area contributed by atoms with E-state index in [0.29, 0.717) is 41.2 Å². The van der Waals surface area contributed by atoms with Crippen LogP contribution in [-0.2, 0) is 4.79 Å². The first-order valence-corrected chi connectivity index (χ1v) is 15.3. The Kier molecular flexibility index (Phi) is 11.5. The van der Waals surface area contributed by atoms with Gasteiger partial charge in [0, 0.05) is 37.2 Å². The first-order chi connectivity index (χ1) is 18.9. The predicted octanol–water partition coefficient (Wildman–Crippen LogP) is 5.74. The van der Waals surface area contributed by atoms with E-state index in [4.69, 9.17) is 23.2 Å². The van der Waals surface area contributed by atoms with E-state index in [1.165, 1.54) is 24.8 Å². The molecule has 2 aromatic carbocycles. The Morgan fingerprint density at radius 3 is 2.54 bits per heavy atom. The normalized spacial score (nSPS) is 21.4. The maximum atomic E-state index is 13.8. The van der Waals surface area contributed by atoms with Crippen LogP contribution in [0.15, 0.2) is 48.5 Å². The average molecular weight is 574 g/mol. The zero-order chi connectivity index (χ0) is 27.6. The quantitative estimate of drug-likeness (QED) is 0.360. The minimum atomic E-state index is -0.252. The van der Waals surface area contributed by atoms with Gasteiger partial charge in [0.05, 0.1) is 16.1 Å². The van der Waals surface area contributed by atoms with E-state index in [1.807, 2.05) is 6.07 Å². The second-order valence-electron chi connectivity index (χ2n) is 10.9. The molecule has 212 valence electrons. The van der Waals surface area contributed by atoms with Crippen molar-refractivity contribution in [3.63, 3.8) is 0 Å². The maximum absolute atomic E-state index is 13.8. The van der Waals surface area contributed by atoms with E-state index < -0.39 is 0 Å². The van der Waals surface area contributed by atoms with Crippen LogP contribution in [0, 0.1) is 0 Å².